The highest BCUT2D eigenvalue weighted by Crippen LogP contribution is 2.29. The van der Waals surface area contributed by atoms with Gasteiger partial charge in [0.2, 0.25) is 5.91 Å². The number of imide groups is 2. The van der Waals surface area contributed by atoms with E-state index < -0.39 is 23.8 Å². The maximum atomic E-state index is 13.0. The van der Waals surface area contributed by atoms with Gasteiger partial charge in [-0.25, -0.2) is 9.69 Å². The summed E-state index contributed by atoms with van der Waals surface area (Å²) >= 11 is 0. The number of anilines is 1. The SMILES string of the molecule is O=C1NC(=O)N(c2cccc3ccccc23)C(=O)[C@@H]1C=NCC[NH+]1CCOCC1. The van der Waals surface area contributed by atoms with Gasteiger partial charge in [-0.2, -0.15) is 0 Å². The number of urea groups is 1. The Balaban J connectivity index is 1.52. The molecular formula is C21H23N4O4+. The highest BCUT2D eigenvalue weighted by atomic mass is 16.5. The Morgan fingerprint density at radius 2 is 1.86 bits per heavy atom. The number of amides is 4. The quantitative estimate of drug-likeness (QED) is 0.552. The number of nitrogens with zero attached hydrogens (tertiary/aromatic N) is 2. The van der Waals surface area contributed by atoms with E-state index in [1.54, 1.807) is 12.1 Å². The summed E-state index contributed by atoms with van der Waals surface area (Å²) < 4.78 is 5.33. The Hall–Kier alpha value is -3.10. The molecule has 2 heterocycles. The van der Waals surface area contributed by atoms with Crippen LogP contribution >= 0.6 is 0 Å². The maximum Gasteiger partial charge on any atom is 0.335 e. The molecule has 0 unspecified atom stereocenters. The van der Waals surface area contributed by atoms with Crippen LogP contribution in [-0.2, 0) is 14.3 Å². The fraction of sp³-hybridized carbons (Fsp3) is 0.333. The molecule has 0 radical (unpaired) electrons. The third kappa shape index (κ3) is 4.03. The summed E-state index contributed by atoms with van der Waals surface area (Å²) in [5.41, 5.74) is 0.453. The molecule has 150 valence electrons. The molecule has 4 rings (SSSR count). The lowest BCUT2D eigenvalue weighted by molar-refractivity contribution is -0.906. The van der Waals surface area contributed by atoms with Gasteiger partial charge in [0.05, 0.1) is 32.0 Å². The van der Waals surface area contributed by atoms with Crippen molar-refractivity contribution in [2.24, 2.45) is 10.9 Å². The van der Waals surface area contributed by atoms with Crippen LogP contribution in [0.25, 0.3) is 10.8 Å². The summed E-state index contributed by atoms with van der Waals surface area (Å²) in [5, 5.41) is 3.94. The van der Waals surface area contributed by atoms with Crippen LogP contribution in [-0.4, -0.2) is 63.5 Å². The van der Waals surface area contributed by atoms with Gasteiger partial charge in [0, 0.05) is 11.6 Å². The average molecular weight is 395 g/mol. The molecule has 2 N–H and O–H groups in total. The van der Waals surface area contributed by atoms with Crippen LogP contribution in [0.2, 0.25) is 0 Å². The highest BCUT2D eigenvalue weighted by molar-refractivity contribution is 6.33. The number of aliphatic imine (C=N–C) groups is 1. The van der Waals surface area contributed by atoms with E-state index in [9.17, 15) is 14.4 Å². The smallest absolute Gasteiger partial charge is 0.335 e. The number of barbiturate groups is 1. The number of hydrogen-bond donors (Lipinski definition) is 2. The van der Waals surface area contributed by atoms with Crippen molar-refractivity contribution >= 4 is 40.5 Å². The lowest BCUT2D eigenvalue weighted by Crippen LogP contribution is -3.14. The number of hydrogen-bond acceptors (Lipinski definition) is 5. The second-order valence-corrected chi connectivity index (χ2v) is 7.11. The molecule has 1 atom stereocenters. The molecule has 8 nitrogen and oxygen atoms in total. The average Bonchev–Trinajstić information content (AvgIpc) is 2.74. The summed E-state index contributed by atoms with van der Waals surface area (Å²) in [5.74, 6) is -2.34. The van der Waals surface area contributed by atoms with Crippen molar-refractivity contribution < 1.29 is 24.0 Å². The second-order valence-electron chi connectivity index (χ2n) is 7.11. The zero-order chi connectivity index (χ0) is 20.2. The minimum atomic E-state index is -1.12. The van der Waals surface area contributed by atoms with Gasteiger partial charge in [-0.15, -0.1) is 0 Å². The zero-order valence-corrected chi connectivity index (χ0v) is 16.0. The van der Waals surface area contributed by atoms with Gasteiger partial charge in [-0.3, -0.25) is 19.9 Å². The van der Waals surface area contributed by atoms with E-state index in [1.807, 2.05) is 30.3 Å². The minimum absolute atomic E-state index is 0.453. The maximum absolute atomic E-state index is 13.0. The van der Waals surface area contributed by atoms with Crippen molar-refractivity contribution in [3.05, 3.63) is 42.5 Å². The van der Waals surface area contributed by atoms with Crippen LogP contribution in [0.4, 0.5) is 10.5 Å². The molecule has 2 saturated heterocycles. The van der Waals surface area contributed by atoms with E-state index in [-0.39, 0.29) is 0 Å². The predicted octanol–water partition coefficient (Wildman–Crippen LogP) is 0.0247. The van der Waals surface area contributed by atoms with Crippen LogP contribution in [0.3, 0.4) is 0 Å². The Bertz CT molecular complexity index is 963. The molecule has 0 saturated carbocycles. The van der Waals surface area contributed by atoms with Crippen LogP contribution < -0.4 is 15.1 Å². The topological polar surface area (TPSA) is 92.5 Å². The first-order chi connectivity index (χ1) is 14.1. The Morgan fingerprint density at radius 1 is 1.10 bits per heavy atom. The van der Waals surface area contributed by atoms with Crippen molar-refractivity contribution in [2.75, 3.05) is 44.3 Å². The first kappa shape index (κ1) is 19.2. The molecule has 4 amide bonds. The second kappa shape index (κ2) is 8.50. The summed E-state index contributed by atoms with van der Waals surface area (Å²) in [6, 6.07) is 12.1. The van der Waals surface area contributed by atoms with Gasteiger partial charge in [0.15, 0.2) is 5.92 Å². The van der Waals surface area contributed by atoms with Crippen molar-refractivity contribution in [1.82, 2.24) is 5.32 Å². The molecule has 0 spiro atoms. The summed E-state index contributed by atoms with van der Waals surface area (Å²) in [7, 11) is 0. The number of ether oxygens (including phenoxy) is 1. The van der Waals surface area contributed by atoms with E-state index in [1.165, 1.54) is 11.1 Å². The number of benzene rings is 2. The molecule has 2 aliphatic rings. The van der Waals surface area contributed by atoms with Gasteiger partial charge >= 0.3 is 6.03 Å². The molecule has 29 heavy (non-hydrogen) atoms. The Morgan fingerprint density at radius 3 is 2.69 bits per heavy atom. The predicted molar refractivity (Wildman–Crippen MR) is 108 cm³/mol. The van der Waals surface area contributed by atoms with E-state index in [0.29, 0.717) is 12.2 Å². The number of morpholine rings is 1. The number of fused-ring (bicyclic) bond motifs is 1. The molecule has 0 bridgehead atoms. The van der Waals surface area contributed by atoms with Crippen LogP contribution in [0.5, 0.6) is 0 Å². The monoisotopic (exact) mass is 395 g/mol. The summed E-state index contributed by atoms with van der Waals surface area (Å²) in [6.07, 6.45) is 1.36. The van der Waals surface area contributed by atoms with E-state index in [2.05, 4.69) is 10.3 Å². The summed E-state index contributed by atoms with van der Waals surface area (Å²) in [4.78, 5) is 44.5. The molecule has 2 aromatic rings. The van der Waals surface area contributed by atoms with Gasteiger partial charge in [-0.1, -0.05) is 36.4 Å². The van der Waals surface area contributed by atoms with Crippen molar-refractivity contribution in [3.63, 3.8) is 0 Å². The van der Waals surface area contributed by atoms with Crippen LogP contribution in [0.1, 0.15) is 0 Å². The normalized spacial score (nSPS) is 21.2. The molecule has 2 aliphatic heterocycles. The molecule has 0 aliphatic carbocycles. The van der Waals surface area contributed by atoms with Gasteiger partial charge in [0.1, 0.15) is 13.1 Å². The molecule has 0 aromatic heterocycles. The Kier molecular flexibility index (Phi) is 5.64. The number of quaternary nitrogens is 1. The third-order valence-electron chi connectivity index (χ3n) is 5.26. The van der Waals surface area contributed by atoms with Gasteiger partial charge in [-0.05, 0) is 11.5 Å². The lowest BCUT2D eigenvalue weighted by atomic mass is 10.0. The molecule has 2 aromatic carbocycles. The van der Waals surface area contributed by atoms with Gasteiger partial charge < -0.3 is 9.64 Å². The van der Waals surface area contributed by atoms with Crippen molar-refractivity contribution in [1.29, 1.82) is 0 Å². The Labute approximate surface area is 168 Å². The van der Waals surface area contributed by atoms with E-state index in [0.717, 1.165) is 48.5 Å². The van der Waals surface area contributed by atoms with Crippen LogP contribution in [0, 0.1) is 5.92 Å². The van der Waals surface area contributed by atoms with Crippen molar-refractivity contribution in [3.8, 4) is 0 Å². The fourth-order valence-corrected chi connectivity index (χ4v) is 3.67. The molecular weight excluding hydrogens is 372 g/mol. The zero-order valence-electron chi connectivity index (χ0n) is 16.0. The molecule has 8 heteroatoms. The van der Waals surface area contributed by atoms with Gasteiger partial charge in [0.25, 0.3) is 5.91 Å². The largest absolute Gasteiger partial charge is 0.370 e. The number of rotatable bonds is 5. The number of carbonyl (C=O) groups excluding carboxylic acids is 3. The summed E-state index contributed by atoms with van der Waals surface area (Å²) in [6.45, 7) is 4.67. The first-order valence-corrected chi connectivity index (χ1v) is 9.73. The number of nitrogens with one attached hydrogen (secondary N) is 2. The van der Waals surface area contributed by atoms with E-state index >= 15 is 0 Å². The molecule has 2 fully saturated rings. The number of carbonyl (C=O) groups is 3. The first-order valence-electron chi connectivity index (χ1n) is 9.73. The van der Waals surface area contributed by atoms with Crippen LogP contribution in [0.15, 0.2) is 47.5 Å². The highest BCUT2D eigenvalue weighted by Gasteiger charge is 2.40. The minimum Gasteiger partial charge on any atom is -0.370 e. The standard InChI is InChI=1S/C21H22N4O4/c26-19-17(14-22-8-9-24-10-12-29-13-11-24)20(27)25(21(28)23-19)18-7-3-5-15-4-1-2-6-16(15)18/h1-7,14,17H,8-13H2,(H,23,26,28)/p+1/t17-/m1/s1. The fourth-order valence-electron chi connectivity index (χ4n) is 3.67. The third-order valence-corrected chi connectivity index (χ3v) is 5.26. The lowest BCUT2D eigenvalue weighted by Gasteiger charge is -2.29. The van der Waals surface area contributed by atoms with Crippen molar-refractivity contribution in [2.45, 2.75) is 0 Å². The van der Waals surface area contributed by atoms with E-state index in [4.69, 9.17) is 4.74 Å².